The largest absolute Gasteiger partial charge is 0.493 e. The van der Waals surface area contributed by atoms with Gasteiger partial charge in [-0.1, -0.05) is 19.9 Å². The Labute approximate surface area is 144 Å². The summed E-state index contributed by atoms with van der Waals surface area (Å²) in [6.45, 7) is 5.50. The Morgan fingerprint density at radius 3 is 2.50 bits per heavy atom. The highest BCUT2D eigenvalue weighted by molar-refractivity contribution is 5.66. The van der Waals surface area contributed by atoms with Crippen LogP contribution >= 0.6 is 0 Å². The number of hydrogen-bond donors (Lipinski definition) is 1. The Bertz CT molecular complexity index is 499. The summed E-state index contributed by atoms with van der Waals surface area (Å²) in [6, 6.07) is 5.94. The van der Waals surface area contributed by atoms with Crippen LogP contribution in [0.15, 0.2) is 18.2 Å². The van der Waals surface area contributed by atoms with Crippen LogP contribution in [0.1, 0.15) is 38.7 Å². The van der Waals surface area contributed by atoms with Gasteiger partial charge in [-0.15, -0.1) is 0 Å². The number of rotatable bonds is 12. The predicted octanol–water partition coefficient (Wildman–Crippen LogP) is 3.79. The minimum atomic E-state index is -0.738. The summed E-state index contributed by atoms with van der Waals surface area (Å²) in [6.07, 6.45) is 2.54. The number of carboxylic acid groups (broad SMARTS) is 1. The van der Waals surface area contributed by atoms with Crippen molar-refractivity contribution in [2.45, 2.75) is 39.5 Å². The molecule has 0 fully saturated rings. The van der Waals surface area contributed by atoms with Crippen LogP contribution < -0.4 is 9.47 Å². The lowest BCUT2D eigenvalue weighted by molar-refractivity contribution is -0.137. The van der Waals surface area contributed by atoms with Gasteiger partial charge in [0, 0.05) is 26.6 Å². The molecule has 0 aliphatic carbocycles. The van der Waals surface area contributed by atoms with Crippen molar-refractivity contribution in [2.75, 3.05) is 27.4 Å². The molecule has 0 saturated carbocycles. The van der Waals surface area contributed by atoms with Gasteiger partial charge in [0.15, 0.2) is 11.5 Å². The van der Waals surface area contributed by atoms with Crippen LogP contribution in [-0.4, -0.2) is 38.5 Å². The summed E-state index contributed by atoms with van der Waals surface area (Å²) in [5, 5.41) is 8.92. The number of methoxy groups -OCH3 is 2. The smallest absolute Gasteiger partial charge is 0.303 e. The number of aliphatic carboxylic acids is 1. The molecule has 0 amide bonds. The van der Waals surface area contributed by atoms with Crippen LogP contribution in [0.3, 0.4) is 0 Å². The van der Waals surface area contributed by atoms with Crippen molar-refractivity contribution in [1.82, 2.24) is 0 Å². The van der Waals surface area contributed by atoms with Crippen LogP contribution in [-0.2, 0) is 16.0 Å². The average Bonchev–Trinajstić information content (AvgIpc) is 2.55. The number of hydrogen-bond acceptors (Lipinski definition) is 4. The zero-order chi connectivity index (χ0) is 17.9. The summed E-state index contributed by atoms with van der Waals surface area (Å²) < 4.78 is 16.2. The minimum absolute atomic E-state index is 0.208. The third-order valence-electron chi connectivity index (χ3n) is 4.15. The van der Waals surface area contributed by atoms with Crippen LogP contribution in [0.25, 0.3) is 0 Å². The molecule has 5 heteroatoms. The lowest BCUT2D eigenvalue weighted by Crippen LogP contribution is -2.14. The molecule has 0 aliphatic heterocycles. The zero-order valence-electron chi connectivity index (χ0n) is 15.2. The molecule has 0 aliphatic rings. The van der Waals surface area contributed by atoms with Gasteiger partial charge in [-0.2, -0.15) is 0 Å². The number of carboxylic acids is 1. The third-order valence-corrected chi connectivity index (χ3v) is 4.15. The highest BCUT2D eigenvalue weighted by atomic mass is 16.5. The Kier molecular flexibility index (Phi) is 9.23. The van der Waals surface area contributed by atoms with Gasteiger partial charge >= 0.3 is 5.97 Å². The lowest BCUT2D eigenvalue weighted by Gasteiger charge is -2.21. The first-order chi connectivity index (χ1) is 11.5. The summed E-state index contributed by atoms with van der Waals surface area (Å²) in [5.74, 6) is 1.46. The van der Waals surface area contributed by atoms with Crippen molar-refractivity contribution in [2.24, 2.45) is 11.8 Å². The number of benzene rings is 1. The molecular formula is C19H30O5. The molecule has 1 aromatic rings. The molecule has 1 aromatic carbocycles. The van der Waals surface area contributed by atoms with Crippen molar-refractivity contribution in [1.29, 1.82) is 0 Å². The quantitative estimate of drug-likeness (QED) is 0.587. The van der Waals surface area contributed by atoms with Crippen molar-refractivity contribution >= 4 is 5.97 Å². The molecule has 5 nitrogen and oxygen atoms in total. The van der Waals surface area contributed by atoms with Gasteiger partial charge in [-0.05, 0) is 42.4 Å². The normalized spacial score (nSPS) is 12.2. The van der Waals surface area contributed by atoms with Crippen LogP contribution in [0.5, 0.6) is 11.5 Å². The molecule has 1 rings (SSSR count). The topological polar surface area (TPSA) is 65.0 Å². The molecule has 0 bridgehead atoms. The predicted molar refractivity (Wildman–Crippen MR) is 93.9 cm³/mol. The molecule has 24 heavy (non-hydrogen) atoms. The second-order valence-electron chi connectivity index (χ2n) is 6.32. The van der Waals surface area contributed by atoms with E-state index in [-0.39, 0.29) is 6.42 Å². The van der Waals surface area contributed by atoms with Gasteiger partial charge < -0.3 is 19.3 Å². The Morgan fingerprint density at radius 2 is 1.92 bits per heavy atom. The summed E-state index contributed by atoms with van der Waals surface area (Å²) in [5.41, 5.74) is 1.14. The molecule has 0 aromatic heterocycles. The second kappa shape index (κ2) is 10.9. The molecule has 136 valence electrons. The van der Waals surface area contributed by atoms with E-state index in [9.17, 15) is 4.79 Å². The lowest BCUT2D eigenvalue weighted by atomic mass is 9.85. The maximum absolute atomic E-state index is 10.8. The number of carbonyl (C=O) groups is 1. The fourth-order valence-corrected chi connectivity index (χ4v) is 2.63. The molecule has 0 saturated heterocycles. The van der Waals surface area contributed by atoms with E-state index in [1.807, 2.05) is 18.2 Å². The number of ether oxygens (including phenoxy) is 3. The fourth-order valence-electron chi connectivity index (χ4n) is 2.63. The van der Waals surface area contributed by atoms with Crippen molar-refractivity contribution < 1.29 is 24.1 Å². The minimum Gasteiger partial charge on any atom is -0.493 e. The molecule has 0 spiro atoms. The van der Waals surface area contributed by atoms with Crippen molar-refractivity contribution in [3.05, 3.63) is 23.8 Å². The highest BCUT2D eigenvalue weighted by Gasteiger charge is 2.17. The van der Waals surface area contributed by atoms with E-state index in [1.165, 1.54) is 0 Å². The zero-order valence-corrected chi connectivity index (χ0v) is 15.2. The molecule has 1 N–H and O–H groups in total. The Hall–Kier alpha value is -1.75. The maximum Gasteiger partial charge on any atom is 0.303 e. The molecule has 1 atom stereocenters. The Balaban J connectivity index is 2.76. The van der Waals surface area contributed by atoms with E-state index >= 15 is 0 Å². The average molecular weight is 338 g/mol. The van der Waals surface area contributed by atoms with Crippen LogP contribution in [0.2, 0.25) is 0 Å². The van der Waals surface area contributed by atoms with E-state index in [2.05, 4.69) is 13.8 Å². The summed E-state index contributed by atoms with van der Waals surface area (Å²) in [7, 11) is 3.30. The van der Waals surface area contributed by atoms with Crippen LogP contribution in [0, 0.1) is 11.8 Å². The Morgan fingerprint density at radius 1 is 1.17 bits per heavy atom. The molecule has 0 heterocycles. The summed E-state index contributed by atoms with van der Waals surface area (Å²) >= 11 is 0. The van der Waals surface area contributed by atoms with Gasteiger partial charge in [0.05, 0.1) is 13.7 Å². The third kappa shape index (κ3) is 7.21. The van der Waals surface area contributed by atoms with Gasteiger partial charge in [-0.3, -0.25) is 4.79 Å². The highest BCUT2D eigenvalue weighted by Crippen LogP contribution is 2.31. The first-order valence-electron chi connectivity index (χ1n) is 8.48. The van der Waals surface area contributed by atoms with Gasteiger partial charge in [0.25, 0.3) is 0 Å². The first-order valence-corrected chi connectivity index (χ1v) is 8.48. The van der Waals surface area contributed by atoms with E-state index in [1.54, 1.807) is 14.2 Å². The van der Waals surface area contributed by atoms with E-state index in [0.29, 0.717) is 37.2 Å². The van der Waals surface area contributed by atoms with Gasteiger partial charge in [0.2, 0.25) is 0 Å². The SMILES string of the molecule is COCCCOc1cc(C[C@@H](CCC(=O)O)C(C)C)ccc1OC. The monoisotopic (exact) mass is 338 g/mol. The van der Waals surface area contributed by atoms with E-state index in [0.717, 1.165) is 24.2 Å². The van der Waals surface area contributed by atoms with Gasteiger partial charge in [0.1, 0.15) is 0 Å². The van der Waals surface area contributed by atoms with Crippen molar-refractivity contribution in [3.63, 3.8) is 0 Å². The molecule has 0 unspecified atom stereocenters. The molecule has 0 radical (unpaired) electrons. The van der Waals surface area contributed by atoms with Gasteiger partial charge in [-0.25, -0.2) is 0 Å². The molecular weight excluding hydrogens is 308 g/mol. The first kappa shape index (κ1) is 20.3. The fraction of sp³-hybridized carbons (Fsp3) is 0.632. The van der Waals surface area contributed by atoms with E-state index < -0.39 is 5.97 Å². The van der Waals surface area contributed by atoms with E-state index in [4.69, 9.17) is 19.3 Å². The standard InChI is InChI=1S/C19H30O5/c1-14(2)16(7-9-19(20)21)12-15-6-8-17(23-4)18(13-15)24-11-5-10-22-3/h6,8,13-14,16H,5,7,9-12H2,1-4H3,(H,20,21)/t16-/m1/s1. The summed E-state index contributed by atoms with van der Waals surface area (Å²) in [4.78, 5) is 10.8. The second-order valence-corrected chi connectivity index (χ2v) is 6.32. The van der Waals surface area contributed by atoms with Crippen LogP contribution in [0.4, 0.5) is 0 Å². The maximum atomic E-state index is 10.8. The van der Waals surface area contributed by atoms with Crippen molar-refractivity contribution in [3.8, 4) is 11.5 Å².